The van der Waals surface area contributed by atoms with Gasteiger partial charge in [0.15, 0.2) is 0 Å². The van der Waals surface area contributed by atoms with Crippen molar-refractivity contribution in [3.8, 4) is 40.0 Å². The topological polar surface area (TPSA) is 176 Å². The number of likely N-dealkylation sites (tertiary alicyclic amines) is 1. The minimum Gasteiger partial charge on any atom is -0.508 e. The first kappa shape index (κ1) is 51.8. The maximum Gasteiger partial charge on any atom is 0.324 e. The number of hydrazine groups is 1. The number of hydrogen-bond donors (Lipinski definition) is 3. The summed E-state index contributed by atoms with van der Waals surface area (Å²) in [4.78, 5) is 79.1. The molecule has 15 nitrogen and oxygen atoms in total. The van der Waals surface area contributed by atoms with E-state index in [2.05, 4.69) is 66.1 Å². The molecular weight excluding hydrogens is 887 g/mol. The Balaban J connectivity index is 1.26. The number of fused-ring (bicyclic) bond motifs is 6. The van der Waals surface area contributed by atoms with E-state index in [1.54, 1.807) is 37.3 Å². The van der Waals surface area contributed by atoms with Crippen LogP contribution < -0.4 is 10.7 Å². The molecule has 2 aromatic heterocycles. The number of carbonyl (C=O) groups is 5. The van der Waals surface area contributed by atoms with Crippen molar-refractivity contribution < 1.29 is 38.6 Å². The first-order valence-electron chi connectivity index (χ1n) is 24.7. The van der Waals surface area contributed by atoms with Gasteiger partial charge in [-0.05, 0) is 124 Å². The minimum atomic E-state index is -1.15. The number of phenolic OH excluding ortho intramolecular Hbond substituents is 1. The number of ketones is 1. The Hall–Kier alpha value is -6.08. The molecule has 15 heteroatoms. The molecule has 2 aromatic carbocycles. The predicted molar refractivity (Wildman–Crippen MR) is 269 cm³/mol. The molecule has 6 atom stereocenters. The van der Waals surface area contributed by atoms with E-state index in [0.717, 1.165) is 44.5 Å². The Bertz CT molecular complexity index is 2680. The molecular formula is C55H71N7O8. The number of cyclic esters (lactones) is 1. The summed E-state index contributed by atoms with van der Waals surface area (Å²) in [6, 6.07) is 13.3. The Labute approximate surface area is 412 Å². The van der Waals surface area contributed by atoms with Gasteiger partial charge in [0.25, 0.3) is 11.8 Å². The molecule has 3 aliphatic heterocycles. The number of rotatable bonds is 11. The van der Waals surface area contributed by atoms with Gasteiger partial charge in [-0.2, -0.15) is 0 Å². The number of aryl methyl sites for hydroxylation is 1. The normalized spacial score (nSPS) is 21.5. The molecule has 0 radical (unpaired) electrons. The number of nitrogens with zero attached hydrogens (tertiary/aromatic N) is 5. The molecule has 0 aliphatic carbocycles. The van der Waals surface area contributed by atoms with E-state index in [9.17, 15) is 29.1 Å². The number of esters is 1. The highest BCUT2D eigenvalue weighted by Crippen LogP contribution is 2.41. The average Bonchev–Trinajstić information content (AvgIpc) is 3.86. The van der Waals surface area contributed by atoms with Gasteiger partial charge in [0.1, 0.15) is 23.6 Å². The second kappa shape index (κ2) is 21.9. The predicted octanol–water partition coefficient (Wildman–Crippen LogP) is 6.17. The lowest BCUT2D eigenvalue weighted by molar-refractivity contribution is -0.155. The maximum absolute atomic E-state index is 14.8. The molecule has 2 saturated heterocycles. The lowest BCUT2D eigenvalue weighted by atomic mass is 9.77. The van der Waals surface area contributed by atoms with E-state index in [1.807, 2.05) is 58.0 Å². The average molecular weight is 958 g/mol. The van der Waals surface area contributed by atoms with E-state index >= 15 is 0 Å². The zero-order chi connectivity index (χ0) is 50.6. The highest BCUT2D eigenvalue weighted by Gasteiger charge is 2.43. The number of amides is 3. The third-order valence-corrected chi connectivity index (χ3v) is 14.1. The monoisotopic (exact) mass is 958 g/mol. The zero-order valence-corrected chi connectivity index (χ0v) is 42.6. The van der Waals surface area contributed by atoms with Gasteiger partial charge in [-0.15, -0.1) is 0 Å². The molecule has 7 rings (SSSR count). The van der Waals surface area contributed by atoms with Crippen LogP contribution >= 0.6 is 0 Å². The second-order valence-electron chi connectivity index (χ2n) is 20.9. The molecule has 2 fully saturated rings. The Morgan fingerprint density at radius 3 is 2.57 bits per heavy atom. The van der Waals surface area contributed by atoms with E-state index in [4.69, 9.17) is 14.5 Å². The van der Waals surface area contributed by atoms with Gasteiger partial charge >= 0.3 is 5.97 Å². The van der Waals surface area contributed by atoms with Crippen LogP contribution in [0.4, 0.5) is 0 Å². The van der Waals surface area contributed by atoms with Gasteiger partial charge in [0, 0.05) is 85.0 Å². The molecule has 4 aromatic rings. The number of phenols is 1. The minimum absolute atomic E-state index is 0.000193. The quantitative estimate of drug-likeness (QED) is 0.116. The summed E-state index contributed by atoms with van der Waals surface area (Å²) in [6.45, 7) is 15.7. The molecule has 5 heterocycles. The largest absolute Gasteiger partial charge is 0.508 e. The highest BCUT2D eigenvalue weighted by atomic mass is 16.5. The van der Waals surface area contributed by atoms with Gasteiger partial charge < -0.3 is 29.4 Å². The van der Waals surface area contributed by atoms with Crippen molar-refractivity contribution in [3.05, 3.63) is 71.5 Å². The van der Waals surface area contributed by atoms with Crippen molar-refractivity contribution in [3.63, 3.8) is 0 Å². The van der Waals surface area contributed by atoms with E-state index in [0.29, 0.717) is 50.9 Å². The number of aromatic nitrogens is 2. The van der Waals surface area contributed by atoms with Crippen LogP contribution in [0.3, 0.4) is 0 Å². The highest BCUT2D eigenvalue weighted by molar-refractivity contribution is 5.97. The SMILES string of the molecule is CCn1c(-c2cccnc2COC)c2c3cc(ccc31)-c1cc(O)cc(c1)C[C@H](NC(=O)[C@H](C(C)C)C(C)C(=O)[C@H]1C[C@@H](C)N(C(=O)C#CCN(C)C)C1)C(=O)N1CCC[C@H](N1)C(=O)OCC(C)(C)C2. The number of nitrogens with one attached hydrogen (secondary N) is 2. The number of hydrogen-bond acceptors (Lipinski definition) is 11. The number of carbonyl (C=O) groups excluding carboxylic acids is 5. The fourth-order valence-electron chi connectivity index (χ4n) is 10.7. The summed E-state index contributed by atoms with van der Waals surface area (Å²) in [5.74, 6) is 1.42. The van der Waals surface area contributed by atoms with Crippen LogP contribution in [-0.4, -0.2) is 125 Å². The summed E-state index contributed by atoms with van der Waals surface area (Å²) in [5, 5.41) is 16.8. The van der Waals surface area contributed by atoms with Crippen LogP contribution in [-0.2, 0) is 59.4 Å². The van der Waals surface area contributed by atoms with Crippen molar-refractivity contribution in [2.45, 2.75) is 112 Å². The third kappa shape index (κ3) is 11.4. The van der Waals surface area contributed by atoms with E-state index in [1.165, 1.54) is 5.01 Å². The number of aromatic hydroxyl groups is 1. The van der Waals surface area contributed by atoms with Crippen molar-refractivity contribution in [1.82, 2.24) is 35.1 Å². The van der Waals surface area contributed by atoms with Crippen LogP contribution in [0.5, 0.6) is 5.75 Å². The fraction of sp³-hybridized carbons (Fsp3) is 0.527. The molecule has 0 spiro atoms. The van der Waals surface area contributed by atoms with Gasteiger partial charge in [-0.25, -0.2) is 5.43 Å². The van der Waals surface area contributed by atoms with Crippen LogP contribution in [0.25, 0.3) is 33.3 Å². The van der Waals surface area contributed by atoms with Crippen LogP contribution in [0.1, 0.15) is 84.5 Å². The first-order chi connectivity index (χ1) is 33.3. The molecule has 3 amide bonds. The lowest BCUT2D eigenvalue weighted by Gasteiger charge is -2.36. The van der Waals surface area contributed by atoms with Crippen LogP contribution in [0.2, 0.25) is 0 Å². The van der Waals surface area contributed by atoms with Gasteiger partial charge in [-0.1, -0.05) is 52.7 Å². The molecule has 3 aliphatic rings. The van der Waals surface area contributed by atoms with Crippen molar-refractivity contribution >= 4 is 40.4 Å². The zero-order valence-electron chi connectivity index (χ0n) is 42.6. The van der Waals surface area contributed by atoms with Crippen LogP contribution in [0, 0.1) is 40.9 Å². The summed E-state index contributed by atoms with van der Waals surface area (Å²) in [6.07, 6.45) is 3.72. The lowest BCUT2D eigenvalue weighted by Crippen LogP contribution is -2.61. The molecule has 374 valence electrons. The number of Topliss-reactive ketones (excluding diaryl/α,β-unsaturated/α-hetero) is 1. The number of ether oxygens (including phenoxy) is 2. The van der Waals surface area contributed by atoms with Gasteiger partial charge in [0.2, 0.25) is 5.91 Å². The Kier molecular flexibility index (Phi) is 16.2. The van der Waals surface area contributed by atoms with Gasteiger partial charge in [-0.3, -0.25) is 38.9 Å². The Morgan fingerprint density at radius 2 is 1.86 bits per heavy atom. The van der Waals surface area contributed by atoms with E-state index < -0.39 is 53.0 Å². The standard InChI is InChI=1S/C55H71N7O8/c1-11-60-47-19-18-37-28-42(47)43(50(60)41-15-12-20-56-46(41)31-69-10)29-55(6,7)32-70-54(68)44-16-13-22-62(58-44)53(67)45(26-36-24-38(37)27-40(63)25-36)57-52(66)49(33(2)3)35(5)51(65)39-23-34(4)61(30-39)48(64)17-14-21-59(8)9/h12,15,18-20,24-25,27-28,33-35,39,44-45,49,58,63H,11,13,16,21-23,26,29-32H2,1-10H3,(H,57,66)/t34-,35?,39+,44+,45+,49-/m1/s1. The molecule has 1 unspecified atom stereocenters. The van der Waals surface area contributed by atoms with E-state index in [-0.39, 0.29) is 55.5 Å². The summed E-state index contributed by atoms with van der Waals surface area (Å²) in [5.41, 5.74) is 9.58. The van der Waals surface area contributed by atoms with Gasteiger partial charge in [0.05, 0.1) is 31.1 Å². The van der Waals surface area contributed by atoms with Crippen molar-refractivity contribution in [2.24, 2.45) is 29.1 Å². The summed E-state index contributed by atoms with van der Waals surface area (Å²) in [7, 11) is 5.40. The van der Waals surface area contributed by atoms with Crippen molar-refractivity contribution in [2.75, 3.05) is 47.4 Å². The molecule has 3 N–H and O–H groups in total. The second-order valence-corrected chi connectivity index (χ2v) is 20.9. The third-order valence-electron chi connectivity index (χ3n) is 14.1. The number of methoxy groups -OCH3 is 1. The molecule has 0 saturated carbocycles. The summed E-state index contributed by atoms with van der Waals surface area (Å²) >= 11 is 0. The van der Waals surface area contributed by atoms with Crippen molar-refractivity contribution in [1.29, 1.82) is 0 Å². The number of pyridine rings is 1. The molecule has 6 bridgehead atoms. The van der Waals surface area contributed by atoms with Crippen LogP contribution in [0.15, 0.2) is 54.7 Å². The smallest absolute Gasteiger partial charge is 0.324 e. The fourth-order valence-corrected chi connectivity index (χ4v) is 10.7. The first-order valence-corrected chi connectivity index (χ1v) is 24.7. The Morgan fingerprint density at radius 1 is 1.09 bits per heavy atom. The maximum atomic E-state index is 14.8. The molecule has 70 heavy (non-hydrogen) atoms. The summed E-state index contributed by atoms with van der Waals surface area (Å²) < 4.78 is 14.0. The number of benzene rings is 2.